The zero-order chi connectivity index (χ0) is 21.8. The first kappa shape index (κ1) is 21.6. The molecule has 0 amide bonds. The molecular weight excluding hydrogens is 404 g/mol. The van der Waals surface area contributed by atoms with Crippen molar-refractivity contribution in [2.75, 3.05) is 46.4 Å². The Morgan fingerprint density at radius 3 is 2.33 bits per heavy atom. The predicted molar refractivity (Wildman–Crippen MR) is 116 cm³/mol. The second-order valence-electron chi connectivity index (χ2n) is 6.67. The Bertz CT molecular complexity index is 1080. The topological polar surface area (TPSA) is 101 Å². The Labute approximate surface area is 179 Å². The van der Waals surface area contributed by atoms with Gasteiger partial charge in [-0.25, -0.2) is 9.97 Å². The fraction of sp³-hybridized carbons (Fsp3) is 0.381. The monoisotopic (exact) mass is 428 g/mol. The minimum Gasteiger partial charge on any atom is -0.493 e. The summed E-state index contributed by atoms with van der Waals surface area (Å²) in [7, 11) is 6.57. The number of aryl methyl sites for hydroxylation is 1. The molecule has 2 aromatic heterocycles. The molecule has 2 heterocycles. The summed E-state index contributed by atoms with van der Waals surface area (Å²) in [4.78, 5) is 12.7. The maximum absolute atomic E-state index is 9.44. The normalized spacial score (nSPS) is 10.7. The van der Waals surface area contributed by atoms with Gasteiger partial charge in [0.2, 0.25) is 5.75 Å². The van der Waals surface area contributed by atoms with Gasteiger partial charge in [-0.05, 0) is 30.2 Å². The number of nitriles is 1. The summed E-state index contributed by atoms with van der Waals surface area (Å²) in [6, 6.07) is 5.97. The van der Waals surface area contributed by atoms with Gasteiger partial charge >= 0.3 is 0 Å². The summed E-state index contributed by atoms with van der Waals surface area (Å²) < 4.78 is 16.3. The summed E-state index contributed by atoms with van der Waals surface area (Å²) in [5.41, 5.74) is 1.75. The molecule has 0 saturated heterocycles. The number of ether oxygens (including phenoxy) is 3. The predicted octanol–water partition coefficient (Wildman–Crippen LogP) is 2.92. The zero-order valence-corrected chi connectivity index (χ0v) is 18.5. The van der Waals surface area contributed by atoms with Crippen LogP contribution in [-0.2, 0) is 6.42 Å². The van der Waals surface area contributed by atoms with Gasteiger partial charge in [0, 0.05) is 20.0 Å². The van der Waals surface area contributed by atoms with E-state index in [4.69, 9.17) is 24.2 Å². The Balaban J connectivity index is 2.12. The van der Waals surface area contributed by atoms with E-state index in [1.807, 2.05) is 31.0 Å². The average molecular weight is 429 g/mol. The van der Waals surface area contributed by atoms with Crippen LogP contribution >= 0.6 is 11.3 Å². The lowest BCUT2D eigenvalue weighted by Gasteiger charge is -2.19. The quantitative estimate of drug-likeness (QED) is 0.584. The number of hydrogen-bond donors (Lipinski definition) is 1. The second-order valence-corrected chi connectivity index (χ2v) is 7.67. The van der Waals surface area contributed by atoms with E-state index >= 15 is 0 Å². The van der Waals surface area contributed by atoms with Gasteiger partial charge in [-0.15, -0.1) is 11.3 Å². The lowest BCUT2D eigenvalue weighted by molar-refractivity contribution is 0.304. The molecule has 0 aliphatic carbocycles. The smallest absolute Gasteiger partial charge is 0.203 e. The molecular formula is C21H24N4O4S. The highest BCUT2D eigenvalue weighted by Gasteiger charge is 2.20. The molecule has 0 fully saturated rings. The van der Waals surface area contributed by atoms with Crippen molar-refractivity contribution < 1.29 is 19.3 Å². The van der Waals surface area contributed by atoms with Gasteiger partial charge in [0.15, 0.2) is 11.5 Å². The molecule has 1 N–H and O–H groups in total. The minimum absolute atomic E-state index is 0.00149. The molecule has 0 spiro atoms. The van der Waals surface area contributed by atoms with Crippen molar-refractivity contribution in [2.24, 2.45) is 0 Å². The summed E-state index contributed by atoms with van der Waals surface area (Å²) in [5, 5.41) is 19.7. The van der Waals surface area contributed by atoms with E-state index in [2.05, 4.69) is 6.07 Å². The molecule has 0 aliphatic rings. The Hall–Kier alpha value is -3.09. The van der Waals surface area contributed by atoms with Gasteiger partial charge < -0.3 is 24.2 Å². The van der Waals surface area contributed by atoms with Crippen molar-refractivity contribution in [2.45, 2.75) is 13.3 Å². The fourth-order valence-corrected chi connectivity index (χ4v) is 4.29. The van der Waals surface area contributed by atoms with Crippen molar-refractivity contribution in [1.29, 1.82) is 5.26 Å². The first-order chi connectivity index (χ1) is 14.5. The summed E-state index contributed by atoms with van der Waals surface area (Å²) in [6.45, 7) is 2.32. The number of aliphatic hydroxyl groups is 1. The highest BCUT2D eigenvalue weighted by molar-refractivity contribution is 7.19. The number of nitrogens with zero attached hydrogens (tertiary/aromatic N) is 4. The maximum atomic E-state index is 9.44. The Morgan fingerprint density at radius 2 is 1.80 bits per heavy atom. The Kier molecular flexibility index (Phi) is 6.59. The van der Waals surface area contributed by atoms with Gasteiger partial charge in [-0.1, -0.05) is 0 Å². The van der Waals surface area contributed by atoms with Gasteiger partial charge in [0.05, 0.1) is 33.3 Å². The number of likely N-dealkylation sites (N-methyl/N-ethyl adjacent to an activating group) is 1. The van der Waals surface area contributed by atoms with E-state index in [0.29, 0.717) is 46.7 Å². The van der Waals surface area contributed by atoms with Crippen LogP contribution in [0.3, 0.4) is 0 Å². The number of thiophene rings is 1. The largest absolute Gasteiger partial charge is 0.493 e. The van der Waals surface area contributed by atoms with Crippen molar-refractivity contribution in [1.82, 2.24) is 9.97 Å². The first-order valence-corrected chi connectivity index (χ1v) is 10.1. The van der Waals surface area contributed by atoms with Crippen LogP contribution in [0.2, 0.25) is 0 Å². The van der Waals surface area contributed by atoms with E-state index in [0.717, 1.165) is 21.3 Å². The molecule has 0 bridgehead atoms. The third-order valence-corrected chi connectivity index (χ3v) is 5.89. The zero-order valence-electron chi connectivity index (χ0n) is 17.6. The molecule has 3 aromatic rings. The molecule has 9 heteroatoms. The van der Waals surface area contributed by atoms with Crippen molar-refractivity contribution in [3.8, 4) is 23.3 Å². The fourth-order valence-electron chi connectivity index (χ4n) is 3.30. The number of benzene rings is 1. The van der Waals surface area contributed by atoms with Crippen LogP contribution in [0.25, 0.3) is 10.2 Å². The Morgan fingerprint density at radius 1 is 1.13 bits per heavy atom. The molecule has 0 unspecified atom stereocenters. The number of fused-ring (bicyclic) bond motifs is 1. The summed E-state index contributed by atoms with van der Waals surface area (Å²) in [6.07, 6.45) is 0.436. The molecule has 1 aromatic carbocycles. The van der Waals surface area contributed by atoms with E-state index in [1.54, 1.807) is 21.3 Å². The first-order valence-electron chi connectivity index (χ1n) is 9.28. The molecule has 3 rings (SSSR count). The number of hydrogen-bond acceptors (Lipinski definition) is 9. The van der Waals surface area contributed by atoms with Crippen molar-refractivity contribution >= 4 is 27.4 Å². The van der Waals surface area contributed by atoms with Gasteiger partial charge in [0.25, 0.3) is 0 Å². The highest BCUT2D eigenvalue weighted by Crippen LogP contribution is 2.39. The number of rotatable bonds is 8. The van der Waals surface area contributed by atoms with E-state index in [1.165, 1.54) is 11.3 Å². The van der Waals surface area contributed by atoms with E-state index < -0.39 is 0 Å². The van der Waals surface area contributed by atoms with Crippen LogP contribution in [0, 0.1) is 18.3 Å². The summed E-state index contributed by atoms with van der Waals surface area (Å²) >= 11 is 1.35. The number of aliphatic hydroxyl groups excluding tert-OH is 1. The summed E-state index contributed by atoms with van der Waals surface area (Å²) in [5.74, 6) is 2.94. The third kappa shape index (κ3) is 3.97. The third-order valence-electron chi connectivity index (χ3n) is 4.80. The standard InChI is InChI=1S/C21H24N4O4S/c1-12-16(11-22)30-21-18(12)20(25(2)6-7-26)23-17(24-21)10-13-8-14(27-3)19(29-5)15(9-13)28-4/h8-9,26H,6-7,10H2,1-5H3. The highest BCUT2D eigenvalue weighted by atomic mass is 32.1. The molecule has 0 saturated carbocycles. The van der Waals surface area contributed by atoms with Crippen molar-refractivity contribution in [3.05, 3.63) is 34.0 Å². The van der Waals surface area contributed by atoms with Crippen LogP contribution < -0.4 is 19.1 Å². The van der Waals surface area contributed by atoms with Crippen LogP contribution in [0.5, 0.6) is 17.2 Å². The SMILES string of the molecule is COc1cc(Cc2nc(N(C)CCO)c3c(C)c(C#N)sc3n2)cc(OC)c1OC. The lowest BCUT2D eigenvalue weighted by atomic mass is 10.1. The van der Waals surface area contributed by atoms with Gasteiger partial charge in [0.1, 0.15) is 27.4 Å². The molecule has 30 heavy (non-hydrogen) atoms. The second kappa shape index (κ2) is 9.15. The number of anilines is 1. The van der Waals surface area contributed by atoms with Crippen LogP contribution in [0.15, 0.2) is 12.1 Å². The number of methoxy groups -OCH3 is 3. The molecule has 8 nitrogen and oxygen atoms in total. The molecule has 0 radical (unpaired) electrons. The van der Waals surface area contributed by atoms with Gasteiger partial charge in [-0.2, -0.15) is 5.26 Å². The minimum atomic E-state index is -0.00149. The van der Waals surface area contributed by atoms with Crippen LogP contribution in [0.4, 0.5) is 5.82 Å². The molecule has 0 aliphatic heterocycles. The van der Waals surface area contributed by atoms with Crippen LogP contribution in [-0.4, -0.2) is 56.6 Å². The van der Waals surface area contributed by atoms with Gasteiger partial charge in [-0.3, -0.25) is 0 Å². The van der Waals surface area contributed by atoms with Crippen molar-refractivity contribution in [3.63, 3.8) is 0 Å². The molecule has 158 valence electrons. The van der Waals surface area contributed by atoms with E-state index in [9.17, 15) is 10.4 Å². The lowest BCUT2D eigenvalue weighted by Crippen LogP contribution is -2.23. The maximum Gasteiger partial charge on any atom is 0.203 e. The number of aromatic nitrogens is 2. The average Bonchev–Trinajstić information content (AvgIpc) is 3.08. The van der Waals surface area contributed by atoms with E-state index in [-0.39, 0.29) is 6.61 Å². The van der Waals surface area contributed by atoms with Crippen LogP contribution in [0.1, 0.15) is 21.8 Å². The molecule has 0 atom stereocenters.